The van der Waals surface area contributed by atoms with E-state index in [1.54, 1.807) is 11.1 Å². The highest BCUT2D eigenvalue weighted by Crippen LogP contribution is 2.32. The first-order chi connectivity index (χ1) is 11.1. The van der Waals surface area contributed by atoms with E-state index in [-0.39, 0.29) is 12.6 Å². The van der Waals surface area contributed by atoms with Crippen molar-refractivity contribution in [3.05, 3.63) is 11.8 Å². The van der Waals surface area contributed by atoms with E-state index < -0.39 is 12.0 Å². The Labute approximate surface area is 134 Å². The fourth-order valence-corrected chi connectivity index (χ4v) is 3.22. The lowest BCUT2D eigenvalue weighted by Crippen LogP contribution is -2.51. The van der Waals surface area contributed by atoms with Crippen LogP contribution >= 0.6 is 0 Å². The third-order valence-corrected chi connectivity index (χ3v) is 4.55. The zero-order valence-electron chi connectivity index (χ0n) is 13.3. The van der Waals surface area contributed by atoms with Gasteiger partial charge in [-0.05, 0) is 19.8 Å². The van der Waals surface area contributed by atoms with Gasteiger partial charge >= 0.3 is 6.03 Å². The molecule has 8 heteroatoms. The molecule has 1 atom stereocenters. The zero-order chi connectivity index (χ0) is 16.4. The summed E-state index contributed by atoms with van der Waals surface area (Å²) in [6.45, 7) is 2.85. The Balaban J connectivity index is 1.70. The predicted octanol–water partition coefficient (Wildman–Crippen LogP) is 1.02. The summed E-state index contributed by atoms with van der Waals surface area (Å²) in [4.78, 5) is 25.3. The quantitative estimate of drug-likeness (QED) is 0.867. The lowest BCUT2D eigenvalue weighted by Gasteiger charge is -2.31. The molecule has 2 heterocycles. The second kappa shape index (κ2) is 6.57. The van der Waals surface area contributed by atoms with Gasteiger partial charge in [0.1, 0.15) is 5.82 Å². The molecule has 1 saturated carbocycles. The van der Waals surface area contributed by atoms with Crippen LogP contribution < -0.4 is 11.1 Å². The number of aromatic nitrogens is 2. The van der Waals surface area contributed by atoms with Crippen LogP contribution in [-0.4, -0.2) is 52.4 Å². The molecule has 0 aromatic carbocycles. The Hall–Kier alpha value is -2.09. The number of ether oxygens (including phenoxy) is 1. The Morgan fingerprint density at radius 3 is 2.83 bits per heavy atom. The van der Waals surface area contributed by atoms with Crippen LogP contribution in [0, 0.1) is 6.92 Å². The number of carbonyl (C=O) groups is 2. The molecule has 0 spiro atoms. The smallest absolute Gasteiger partial charge is 0.323 e. The second-order valence-electron chi connectivity index (χ2n) is 6.20. The molecule has 2 fully saturated rings. The molecule has 1 aromatic rings. The highest BCUT2D eigenvalue weighted by Gasteiger charge is 2.29. The summed E-state index contributed by atoms with van der Waals surface area (Å²) in [5.74, 6) is 0.193. The minimum atomic E-state index is -0.740. The molecule has 3 rings (SSSR count). The molecule has 8 nitrogen and oxygen atoms in total. The van der Waals surface area contributed by atoms with Gasteiger partial charge in [-0.1, -0.05) is 12.8 Å². The standard InChI is InChI=1S/C15H23N5O3/c1-10-8-17-20(11-4-2-3-5-11)14(10)18-15(22)19-6-7-23-12(9-19)13(16)21/h8,11-12H,2-7,9H2,1H3,(H2,16,21)(H,18,22)/t12-/m0/s1. The summed E-state index contributed by atoms with van der Waals surface area (Å²) in [6, 6.07) is 0.101. The van der Waals surface area contributed by atoms with Crippen LogP contribution in [0.15, 0.2) is 6.20 Å². The lowest BCUT2D eigenvalue weighted by molar-refractivity contribution is -0.133. The number of primary amides is 1. The van der Waals surface area contributed by atoms with Gasteiger partial charge in [-0.15, -0.1) is 0 Å². The Kier molecular flexibility index (Phi) is 4.51. The fraction of sp³-hybridized carbons (Fsp3) is 0.667. The second-order valence-corrected chi connectivity index (χ2v) is 6.20. The number of aryl methyl sites for hydroxylation is 1. The highest BCUT2D eigenvalue weighted by molar-refractivity contribution is 5.90. The summed E-state index contributed by atoms with van der Waals surface area (Å²) >= 11 is 0. The molecule has 0 bridgehead atoms. The number of amides is 3. The third kappa shape index (κ3) is 3.31. The largest absolute Gasteiger partial charge is 0.367 e. The van der Waals surface area contributed by atoms with E-state index in [1.165, 1.54) is 12.8 Å². The number of carbonyl (C=O) groups excluding carboxylic acids is 2. The summed E-state index contributed by atoms with van der Waals surface area (Å²) in [5, 5.41) is 7.37. The third-order valence-electron chi connectivity index (χ3n) is 4.55. The molecule has 3 N–H and O–H groups in total. The van der Waals surface area contributed by atoms with Gasteiger partial charge in [-0.25, -0.2) is 9.48 Å². The first-order valence-electron chi connectivity index (χ1n) is 8.07. The minimum absolute atomic E-state index is 0.178. The molecule has 23 heavy (non-hydrogen) atoms. The molecule has 3 amide bonds. The Morgan fingerprint density at radius 2 is 2.13 bits per heavy atom. The van der Waals surface area contributed by atoms with Crippen LogP contribution in [0.4, 0.5) is 10.6 Å². The van der Waals surface area contributed by atoms with Crippen LogP contribution in [0.2, 0.25) is 0 Å². The predicted molar refractivity (Wildman–Crippen MR) is 84.0 cm³/mol. The summed E-state index contributed by atoms with van der Waals surface area (Å²) in [5.41, 5.74) is 6.20. The van der Waals surface area contributed by atoms with E-state index in [0.717, 1.165) is 24.2 Å². The van der Waals surface area contributed by atoms with Crippen molar-refractivity contribution in [2.75, 3.05) is 25.0 Å². The minimum Gasteiger partial charge on any atom is -0.367 e. The number of rotatable bonds is 3. The van der Waals surface area contributed by atoms with Crippen molar-refractivity contribution in [1.82, 2.24) is 14.7 Å². The fourth-order valence-electron chi connectivity index (χ4n) is 3.22. The van der Waals surface area contributed by atoms with Crippen LogP contribution in [0.3, 0.4) is 0 Å². The monoisotopic (exact) mass is 321 g/mol. The van der Waals surface area contributed by atoms with E-state index in [2.05, 4.69) is 10.4 Å². The van der Waals surface area contributed by atoms with Crippen LogP contribution in [0.1, 0.15) is 37.3 Å². The number of hydrogen-bond acceptors (Lipinski definition) is 4. The van der Waals surface area contributed by atoms with Crippen molar-refractivity contribution < 1.29 is 14.3 Å². The molecule has 1 aromatic heterocycles. The maximum atomic E-state index is 12.5. The Bertz CT molecular complexity index is 594. The maximum absolute atomic E-state index is 12.5. The number of anilines is 1. The van der Waals surface area contributed by atoms with Crippen molar-refractivity contribution in [2.45, 2.75) is 44.8 Å². The number of nitrogens with one attached hydrogen (secondary N) is 1. The van der Waals surface area contributed by atoms with Crippen molar-refractivity contribution in [1.29, 1.82) is 0 Å². The summed E-state index contributed by atoms with van der Waals surface area (Å²) in [6.07, 6.45) is 5.60. The molecule has 1 aliphatic carbocycles. The summed E-state index contributed by atoms with van der Waals surface area (Å²) in [7, 11) is 0. The van der Waals surface area contributed by atoms with Crippen molar-refractivity contribution >= 4 is 17.8 Å². The van der Waals surface area contributed by atoms with Gasteiger partial charge in [0.05, 0.1) is 25.4 Å². The van der Waals surface area contributed by atoms with Gasteiger partial charge < -0.3 is 15.4 Å². The first-order valence-corrected chi connectivity index (χ1v) is 8.07. The van der Waals surface area contributed by atoms with Crippen molar-refractivity contribution in [3.8, 4) is 0 Å². The molecule has 0 unspecified atom stereocenters. The van der Waals surface area contributed by atoms with Crippen molar-refractivity contribution in [3.63, 3.8) is 0 Å². The van der Waals surface area contributed by atoms with Crippen LogP contribution in [-0.2, 0) is 9.53 Å². The maximum Gasteiger partial charge on any atom is 0.323 e. The number of hydrogen-bond donors (Lipinski definition) is 2. The zero-order valence-corrected chi connectivity index (χ0v) is 13.3. The SMILES string of the molecule is Cc1cnn(C2CCCC2)c1NC(=O)N1CCO[C@H](C(N)=O)C1. The van der Waals surface area contributed by atoms with Crippen LogP contribution in [0.5, 0.6) is 0 Å². The number of nitrogens with two attached hydrogens (primary N) is 1. The normalized spacial score (nSPS) is 22.3. The lowest BCUT2D eigenvalue weighted by atomic mass is 10.2. The topological polar surface area (TPSA) is 102 Å². The highest BCUT2D eigenvalue weighted by atomic mass is 16.5. The van der Waals surface area contributed by atoms with Gasteiger partial charge in [0, 0.05) is 12.1 Å². The summed E-state index contributed by atoms with van der Waals surface area (Å²) < 4.78 is 7.19. The van der Waals surface area contributed by atoms with E-state index in [0.29, 0.717) is 19.2 Å². The molecule has 0 radical (unpaired) electrons. The van der Waals surface area contributed by atoms with Gasteiger partial charge in [0.15, 0.2) is 6.10 Å². The number of urea groups is 1. The first kappa shape index (κ1) is 15.8. The van der Waals surface area contributed by atoms with Gasteiger partial charge in [0.25, 0.3) is 0 Å². The Morgan fingerprint density at radius 1 is 1.39 bits per heavy atom. The van der Waals surface area contributed by atoms with E-state index in [9.17, 15) is 9.59 Å². The molecule has 1 saturated heterocycles. The average molecular weight is 321 g/mol. The van der Waals surface area contributed by atoms with Crippen molar-refractivity contribution in [2.24, 2.45) is 5.73 Å². The average Bonchev–Trinajstić information content (AvgIpc) is 3.18. The number of morpholine rings is 1. The molecule has 2 aliphatic rings. The molecule has 1 aliphatic heterocycles. The van der Waals surface area contributed by atoms with E-state index in [1.807, 2.05) is 11.6 Å². The van der Waals surface area contributed by atoms with Gasteiger partial charge in [-0.3, -0.25) is 10.1 Å². The number of nitrogens with zero attached hydrogens (tertiary/aromatic N) is 3. The van der Waals surface area contributed by atoms with E-state index >= 15 is 0 Å². The molecular formula is C15H23N5O3. The van der Waals surface area contributed by atoms with Gasteiger partial charge in [0.2, 0.25) is 5.91 Å². The van der Waals surface area contributed by atoms with Crippen LogP contribution in [0.25, 0.3) is 0 Å². The molecule has 126 valence electrons. The molecular weight excluding hydrogens is 298 g/mol. The van der Waals surface area contributed by atoms with Gasteiger partial charge in [-0.2, -0.15) is 5.10 Å². The van der Waals surface area contributed by atoms with E-state index in [4.69, 9.17) is 10.5 Å².